The van der Waals surface area contributed by atoms with Gasteiger partial charge in [0.2, 0.25) is 0 Å². The third kappa shape index (κ3) is 4.58. The lowest BCUT2D eigenvalue weighted by atomic mass is 9.95. The number of hydrogen-bond donors (Lipinski definition) is 2. The lowest BCUT2D eigenvalue weighted by Crippen LogP contribution is -2.29. The van der Waals surface area contributed by atoms with Crippen LogP contribution in [0.25, 0.3) is 5.76 Å². The quantitative estimate of drug-likeness (QED) is 0.173. The maximum Gasteiger partial charge on any atom is 0.341 e. The van der Waals surface area contributed by atoms with E-state index in [1.165, 1.54) is 48.5 Å². The number of aliphatic carboxylic acids is 1. The summed E-state index contributed by atoms with van der Waals surface area (Å²) < 4.78 is 5.11. The Balaban J connectivity index is 1.86. The Hall–Kier alpha value is -4.99. The van der Waals surface area contributed by atoms with E-state index in [1.807, 2.05) is 0 Å². The number of carbonyl (C=O) groups excluding carboxylic acids is 2. The molecule has 1 aliphatic rings. The summed E-state index contributed by atoms with van der Waals surface area (Å²) in [5.74, 6) is -3.23. The van der Waals surface area contributed by atoms with Crippen LogP contribution in [0.1, 0.15) is 17.2 Å². The third-order valence-electron chi connectivity index (χ3n) is 5.37. The van der Waals surface area contributed by atoms with Gasteiger partial charge in [-0.1, -0.05) is 42.5 Å². The number of nitro groups is 1. The first kappa shape index (κ1) is 23.2. The van der Waals surface area contributed by atoms with Crippen molar-refractivity contribution >= 4 is 34.8 Å². The van der Waals surface area contributed by atoms with Crippen molar-refractivity contribution in [2.45, 2.75) is 6.04 Å². The maximum atomic E-state index is 13.1. The number of hydrogen-bond acceptors (Lipinski definition) is 7. The van der Waals surface area contributed by atoms with Crippen molar-refractivity contribution in [1.29, 1.82) is 0 Å². The average molecular weight is 474 g/mol. The Morgan fingerprint density at radius 2 is 1.66 bits per heavy atom. The summed E-state index contributed by atoms with van der Waals surface area (Å²) in [6.07, 6.45) is 0. The van der Waals surface area contributed by atoms with Gasteiger partial charge in [-0.3, -0.25) is 24.6 Å². The number of Topliss-reactive ketones (excluding diaryl/α,β-unsaturated/α-hetero) is 1. The first-order chi connectivity index (χ1) is 16.8. The van der Waals surface area contributed by atoms with E-state index in [9.17, 15) is 29.6 Å². The largest absolute Gasteiger partial charge is 0.507 e. The first-order valence-electron chi connectivity index (χ1n) is 10.3. The zero-order chi connectivity index (χ0) is 25.1. The van der Waals surface area contributed by atoms with Gasteiger partial charge in [-0.2, -0.15) is 0 Å². The summed E-state index contributed by atoms with van der Waals surface area (Å²) in [5, 5.41) is 31.2. The molecular weight excluding hydrogens is 456 g/mol. The molecule has 0 saturated carbocycles. The molecule has 0 spiro atoms. The second-order valence-corrected chi connectivity index (χ2v) is 7.56. The number of nitrogens with zero attached hydrogens (tertiary/aromatic N) is 2. The van der Waals surface area contributed by atoms with Gasteiger partial charge in [0.1, 0.15) is 11.5 Å². The zero-order valence-corrected chi connectivity index (χ0v) is 18.0. The van der Waals surface area contributed by atoms with Crippen molar-refractivity contribution in [3.63, 3.8) is 0 Å². The molecule has 176 valence electrons. The Morgan fingerprint density at radius 1 is 0.971 bits per heavy atom. The first-order valence-corrected chi connectivity index (χ1v) is 10.3. The van der Waals surface area contributed by atoms with Gasteiger partial charge in [0.15, 0.2) is 6.61 Å². The Labute approximate surface area is 198 Å². The van der Waals surface area contributed by atoms with Crippen LogP contribution in [0.4, 0.5) is 11.4 Å². The Morgan fingerprint density at radius 3 is 2.29 bits per heavy atom. The van der Waals surface area contributed by atoms with E-state index < -0.39 is 41.0 Å². The lowest BCUT2D eigenvalue weighted by molar-refractivity contribution is -0.384. The number of nitro benzene ring substituents is 1. The molecule has 3 aromatic carbocycles. The molecule has 1 fully saturated rings. The number of carbonyl (C=O) groups is 3. The van der Waals surface area contributed by atoms with E-state index in [-0.39, 0.29) is 28.3 Å². The Kier molecular flexibility index (Phi) is 6.27. The van der Waals surface area contributed by atoms with Crippen LogP contribution in [0.5, 0.6) is 5.75 Å². The summed E-state index contributed by atoms with van der Waals surface area (Å²) in [4.78, 5) is 48.9. The molecule has 0 radical (unpaired) electrons. The summed E-state index contributed by atoms with van der Waals surface area (Å²) in [6.45, 7) is -0.561. The predicted molar refractivity (Wildman–Crippen MR) is 124 cm³/mol. The van der Waals surface area contributed by atoms with Gasteiger partial charge < -0.3 is 14.9 Å². The molecule has 2 N–H and O–H groups in total. The molecule has 0 aliphatic carbocycles. The minimum atomic E-state index is -1.16. The molecule has 0 aromatic heterocycles. The van der Waals surface area contributed by atoms with Crippen LogP contribution >= 0.6 is 0 Å². The molecule has 1 aliphatic heterocycles. The van der Waals surface area contributed by atoms with Gasteiger partial charge in [-0.25, -0.2) is 4.79 Å². The number of carboxylic acids is 1. The van der Waals surface area contributed by atoms with Gasteiger partial charge >= 0.3 is 5.97 Å². The standard InChI is InChI=1S/C25H18N2O8/c28-20(29)14-35-19-11-9-17(10-12-19)26-22(16-7-4-8-18(13-16)27(33)34)21(24(31)25(26)32)23(30)15-5-2-1-3-6-15/h1-13,22,30H,14H2,(H,28,29)/b23-21-. The highest BCUT2D eigenvalue weighted by molar-refractivity contribution is 6.51. The van der Waals surface area contributed by atoms with Crippen LogP contribution in [0.2, 0.25) is 0 Å². The minimum absolute atomic E-state index is 0.215. The number of amides is 1. The van der Waals surface area contributed by atoms with E-state index in [4.69, 9.17) is 9.84 Å². The van der Waals surface area contributed by atoms with Crippen LogP contribution in [-0.2, 0) is 14.4 Å². The molecule has 4 rings (SSSR count). The van der Waals surface area contributed by atoms with E-state index in [0.29, 0.717) is 5.56 Å². The van der Waals surface area contributed by atoms with Crippen molar-refractivity contribution in [1.82, 2.24) is 0 Å². The molecule has 1 unspecified atom stereocenters. The fraction of sp³-hybridized carbons (Fsp3) is 0.0800. The number of ketones is 1. The second-order valence-electron chi connectivity index (χ2n) is 7.56. The fourth-order valence-electron chi connectivity index (χ4n) is 3.82. The Bertz CT molecular complexity index is 1350. The second kappa shape index (κ2) is 9.48. The van der Waals surface area contributed by atoms with E-state index in [0.717, 1.165) is 4.90 Å². The molecular formula is C25H18N2O8. The number of aliphatic hydroxyl groups is 1. The molecule has 10 nitrogen and oxygen atoms in total. The maximum absolute atomic E-state index is 13.1. The molecule has 35 heavy (non-hydrogen) atoms. The average Bonchev–Trinajstić information content (AvgIpc) is 3.13. The molecule has 1 atom stereocenters. The summed E-state index contributed by atoms with van der Waals surface area (Å²) in [7, 11) is 0. The zero-order valence-electron chi connectivity index (χ0n) is 18.0. The number of benzene rings is 3. The third-order valence-corrected chi connectivity index (χ3v) is 5.37. The number of non-ortho nitro benzene ring substituents is 1. The molecule has 1 amide bonds. The highest BCUT2D eigenvalue weighted by Crippen LogP contribution is 2.43. The van der Waals surface area contributed by atoms with Crippen molar-refractivity contribution in [3.8, 4) is 5.75 Å². The van der Waals surface area contributed by atoms with E-state index >= 15 is 0 Å². The smallest absolute Gasteiger partial charge is 0.341 e. The lowest BCUT2D eigenvalue weighted by Gasteiger charge is -2.25. The number of rotatable bonds is 7. The van der Waals surface area contributed by atoms with Crippen LogP contribution in [0, 0.1) is 10.1 Å². The topological polar surface area (TPSA) is 147 Å². The number of aliphatic hydroxyl groups excluding tert-OH is 1. The molecule has 1 saturated heterocycles. The normalized spacial score (nSPS) is 16.8. The van der Waals surface area contributed by atoms with Crippen molar-refractivity contribution in [3.05, 3.63) is 106 Å². The fourth-order valence-corrected chi connectivity index (χ4v) is 3.82. The highest BCUT2D eigenvalue weighted by atomic mass is 16.6. The van der Waals surface area contributed by atoms with E-state index in [2.05, 4.69) is 0 Å². The summed E-state index contributed by atoms with van der Waals surface area (Å²) in [6, 6.07) is 18.3. The summed E-state index contributed by atoms with van der Waals surface area (Å²) >= 11 is 0. The summed E-state index contributed by atoms with van der Waals surface area (Å²) in [5.41, 5.74) is 0.344. The predicted octanol–water partition coefficient (Wildman–Crippen LogP) is 3.68. The van der Waals surface area contributed by atoms with Crippen LogP contribution in [-0.4, -0.2) is 39.4 Å². The van der Waals surface area contributed by atoms with Gasteiger partial charge in [0, 0.05) is 23.4 Å². The van der Waals surface area contributed by atoms with Gasteiger partial charge in [-0.15, -0.1) is 0 Å². The monoisotopic (exact) mass is 474 g/mol. The molecule has 1 heterocycles. The number of ether oxygens (including phenoxy) is 1. The van der Waals surface area contributed by atoms with Crippen LogP contribution in [0.3, 0.4) is 0 Å². The molecule has 10 heteroatoms. The molecule has 0 bridgehead atoms. The van der Waals surface area contributed by atoms with Gasteiger partial charge in [0.25, 0.3) is 17.4 Å². The SMILES string of the molecule is O=C(O)COc1ccc(N2C(=O)C(=O)/C(=C(\O)c3ccccc3)C2c2cccc([N+](=O)[O-])c2)cc1. The van der Waals surface area contributed by atoms with Crippen molar-refractivity contribution in [2.24, 2.45) is 0 Å². The number of carboxylic acid groups (broad SMARTS) is 1. The van der Waals surface area contributed by atoms with Crippen molar-refractivity contribution in [2.75, 3.05) is 11.5 Å². The van der Waals surface area contributed by atoms with Crippen molar-refractivity contribution < 1.29 is 34.3 Å². The minimum Gasteiger partial charge on any atom is -0.507 e. The van der Waals surface area contributed by atoms with Crippen LogP contribution < -0.4 is 9.64 Å². The van der Waals surface area contributed by atoms with Crippen LogP contribution in [0.15, 0.2) is 84.4 Å². The molecule has 3 aromatic rings. The van der Waals surface area contributed by atoms with Gasteiger partial charge in [0.05, 0.1) is 16.5 Å². The number of anilines is 1. The van der Waals surface area contributed by atoms with E-state index in [1.54, 1.807) is 30.3 Å². The van der Waals surface area contributed by atoms with Gasteiger partial charge in [-0.05, 0) is 29.8 Å². The highest BCUT2D eigenvalue weighted by Gasteiger charge is 2.47.